The Hall–Kier alpha value is -7.63. The number of aliphatic imine (C=N–C) groups is 3. The molecular weight excluding hydrogens is 697 g/mol. The molecule has 0 aliphatic carbocycles. The van der Waals surface area contributed by atoms with E-state index in [0.29, 0.717) is 18.2 Å². The van der Waals surface area contributed by atoms with Crippen molar-refractivity contribution in [3.05, 3.63) is 211 Å². The van der Waals surface area contributed by atoms with Crippen molar-refractivity contribution in [3.63, 3.8) is 0 Å². The van der Waals surface area contributed by atoms with Crippen LogP contribution in [0, 0.1) is 0 Å². The Balaban J connectivity index is 1.03. The van der Waals surface area contributed by atoms with Crippen molar-refractivity contribution in [2.75, 3.05) is 0 Å². The molecular formula is C52H36N4O. The van der Waals surface area contributed by atoms with E-state index in [1.807, 2.05) is 54.6 Å². The van der Waals surface area contributed by atoms with Gasteiger partial charge in [-0.15, -0.1) is 0 Å². The van der Waals surface area contributed by atoms with Gasteiger partial charge in [-0.3, -0.25) is 4.99 Å². The normalized spacial score (nSPS) is 12.2. The Morgan fingerprint density at radius 1 is 0.456 bits per heavy atom. The van der Waals surface area contributed by atoms with Crippen molar-refractivity contribution in [3.8, 4) is 27.9 Å². The molecule has 0 saturated carbocycles. The minimum atomic E-state index is 0.475. The van der Waals surface area contributed by atoms with Gasteiger partial charge in [-0.25, -0.2) is 9.98 Å². The lowest BCUT2D eigenvalue weighted by molar-refractivity contribution is 0.669. The van der Waals surface area contributed by atoms with Gasteiger partial charge in [0.15, 0.2) is 11.7 Å². The molecule has 0 amide bonds. The fourth-order valence-corrected chi connectivity index (χ4v) is 7.80. The lowest BCUT2D eigenvalue weighted by atomic mass is 10.0. The first-order valence-corrected chi connectivity index (χ1v) is 19.1. The number of fused-ring (bicyclic) bond motifs is 6. The Morgan fingerprint density at radius 2 is 1.12 bits per heavy atom. The smallest absolute Gasteiger partial charge is 0.161 e. The van der Waals surface area contributed by atoms with Crippen LogP contribution < -0.4 is 0 Å². The molecule has 0 spiro atoms. The zero-order chi connectivity index (χ0) is 38.1. The van der Waals surface area contributed by atoms with E-state index in [-0.39, 0.29) is 0 Å². The zero-order valence-corrected chi connectivity index (χ0v) is 31.1. The van der Waals surface area contributed by atoms with E-state index in [1.54, 1.807) is 0 Å². The Labute approximate surface area is 330 Å². The van der Waals surface area contributed by atoms with Crippen molar-refractivity contribution >= 4 is 62.1 Å². The average Bonchev–Trinajstić information content (AvgIpc) is 3.82. The van der Waals surface area contributed by atoms with E-state index < -0.39 is 0 Å². The monoisotopic (exact) mass is 732 g/mol. The van der Waals surface area contributed by atoms with E-state index >= 15 is 0 Å². The van der Waals surface area contributed by atoms with Gasteiger partial charge >= 0.3 is 0 Å². The molecule has 0 bridgehead atoms. The quantitative estimate of drug-likeness (QED) is 0.119. The van der Waals surface area contributed by atoms with Crippen LogP contribution in [0.25, 0.3) is 71.7 Å². The van der Waals surface area contributed by atoms with E-state index in [4.69, 9.17) is 14.4 Å². The van der Waals surface area contributed by atoms with Gasteiger partial charge < -0.3 is 8.98 Å². The number of furan rings is 1. The summed E-state index contributed by atoms with van der Waals surface area (Å²) in [5.74, 6) is 1.07. The highest BCUT2D eigenvalue weighted by Crippen LogP contribution is 2.37. The number of rotatable bonds is 7. The Kier molecular flexibility index (Phi) is 8.65. The number of nitrogens with zero attached hydrogens (tertiary/aromatic N) is 4. The molecule has 0 aliphatic rings. The van der Waals surface area contributed by atoms with E-state index in [9.17, 15) is 0 Å². The number of amidine groups is 2. The summed E-state index contributed by atoms with van der Waals surface area (Å²) in [5.41, 5.74) is 12.5. The van der Waals surface area contributed by atoms with Crippen LogP contribution in [0.4, 0.5) is 0 Å². The molecule has 0 atom stereocenters. The Morgan fingerprint density at radius 3 is 1.95 bits per heavy atom. The van der Waals surface area contributed by atoms with Crippen LogP contribution in [-0.4, -0.2) is 23.0 Å². The first-order valence-electron chi connectivity index (χ1n) is 19.1. The van der Waals surface area contributed by atoms with Crippen LogP contribution in [0.2, 0.25) is 0 Å². The van der Waals surface area contributed by atoms with E-state index in [1.165, 1.54) is 32.9 Å². The molecule has 0 N–H and O–H groups in total. The van der Waals surface area contributed by atoms with Gasteiger partial charge in [-0.1, -0.05) is 140 Å². The van der Waals surface area contributed by atoms with Crippen LogP contribution in [0.1, 0.15) is 16.7 Å². The van der Waals surface area contributed by atoms with Crippen molar-refractivity contribution in [2.45, 2.75) is 6.54 Å². The van der Waals surface area contributed by atoms with Gasteiger partial charge in [0.25, 0.3) is 0 Å². The van der Waals surface area contributed by atoms with Crippen molar-refractivity contribution in [1.82, 2.24) is 4.57 Å². The molecule has 270 valence electrons. The molecule has 10 rings (SSSR count). The zero-order valence-electron chi connectivity index (χ0n) is 31.1. The van der Waals surface area contributed by atoms with Gasteiger partial charge in [0.05, 0.1) is 17.6 Å². The molecule has 10 aromatic rings. The maximum absolute atomic E-state index is 6.49. The molecule has 8 aromatic carbocycles. The van der Waals surface area contributed by atoms with Gasteiger partial charge in [0.2, 0.25) is 0 Å². The van der Waals surface area contributed by atoms with Crippen LogP contribution in [-0.2, 0) is 6.54 Å². The summed E-state index contributed by atoms with van der Waals surface area (Å²) in [5, 5.41) is 4.55. The highest BCUT2D eigenvalue weighted by atomic mass is 16.3. The van der Waals surface area contributed by atoms with E-state index in [2.05, 4.69) is 156 Å². The largest absolute Gasteiger partial charge is 0.456 e. The number of para-hydroxylation sites is 1. The second-order valence-electron chi connectivity index (χ2n) is 14.1. The van der Waals surface area contributed by atoms with E-state index in [0.717, 1.165) is 55.4 Å². The van der Waals surface area contributed by atoms with Gasteiger partial charge in [-0.05, 0) is 89.1 Å². The second kappa shape index (κ2) is 14.5. The standard InChI is InChI=1S/C52H36N4O/c1-53-51(37-18-9-4-10-19-37)55-52(54-34-35-14-5-2-6-15-35)41-24-27-44-46-32-40(26-29-49(46)57-50(44)33-41)38-20-13-21-42(30-38)56-47-23-12-11-22-43(47)45-31-39(25-28-48(45)56)36-16-7-3-8-17-36/h2-33H,1,34H2. The van der Waals surface area contributed by atoms with Gasteiger partial charge in [-0.2, -0.15) is 0 Å². The third-order valence-corrected chi connectivity index (χ3v) is 10.6. The average molecular weight is 733 g/mol. The summed E-state index contributed by atoms with van der Waals surface area (Å²) in [6, 6.07) is 67.5. The Bertz CT molecular complexity index is 3160. The highest BCUT2D eigenvalue weighted by molar-refractivity contribution is 6.15. The fourth-order valence-electron chi connectivity index (χ4n) is 7.80. The fraction of sp³-hybridized carbons (Fsp3) is 0.0192. The summed E-state index contributed by atoms with van der Waals surface area (Å²) >= 11 is 0. The summed E-state index contributed by atoms with van der Waals surface area (Å²) < 4.78 is 8.87. The van der Waals surface area contributed by atoms with Crippen molar-refractivity contribution < 1.29 is 4.42 Å². The third kappa shape index (κ3) is 6.41. The van der Waals surface area contributed by atoms with Gasteiger partial charge in [0, 0.05) is 38.4 Å². The van der Waals surface area contributed by atoms with Crippen LogP contribution in [0.5, 0.6) is 0 Å². The number of benzene rings is 8. The lowest BCUT2D eigenvalue weighted by Gasteiger charge is -2.11. The molecule has 57 heavy (non-hydrogen) atoms. The number of hydrogen-bond acceptors (Lipinski definition) is 2. The molecule has 5 heteroatoms. The van der Waals surface area contributed by atoms with Gasteiger partial charge in [0.1, 0.15) is 11.2 Å². The molecule has 0 aliphatic heterocycles. The molecule has 0 fully saturated rings. The van der Waals surface area contributed by atoms with Crippen molar-refractivity contribution in [1.29, 1.82) is 0 Å². The first-order chi connectivity index (χ1) is 28.2. The topological polar surface area (TPSA) is 55.1 Å². The predicted octanol–water partition coefficient (Wildman–Crippen LogP) is 13.1. The molecule has 2 heterocycles. The molecule has 0 saturated heterocycles. The summed E-state index contributed by atoms with van der Waals surface area (Å²) in [6.45, 7) is 4.29. The molecule has 0 unspecified atom stereocenters. The lowest BCUT2D eigenvalue weighted by Crippen LogP contribution is -2.05. The van der Waals surface area contributed by atoms with Crippen LogP contribution in [0.3, 0.4) is 0 Å². The summed E-state index contributed by atoms with van der Waals surface area (Å²) in [4.78, 5) is 14.2. The first kappa shape index (κ1) is 33.9. The van der Waals surface area contributed by atoms with Crippen molar-refractivity contribution in [2.24, 2.45) is 15.0 Å². The minimum absolute atomic E-state index is 0.475. The predicted molar refractivity (Wildman–Crippen MR) is 238 cm³/mol. The number of hydrogen-bond donors (Lipinski definition) is 0. The second-order valence-corrected chi connectivity index (χ2v) is 14.1. The summed E-state index contributed by atoms with van der Waals surface area (Å²) in [6.07, 6.45) is 0. The summed E-state index contributed by atoms with van der Waals surface area (Å²) in [7, 11) is 0. The molecule has 5 nitrogen and oxygen atoms in total. The SMILES string of the molecule is C=NC(=NC(=NCc1ccccc1)c1ccc2c(c1)oc1ccc(-c3cccc(-n4c5ccccc5c5cc(-c6ccccc6)ccc54)c3)cc12)c1ccccc1. The molecule has 0 radical (unpaired) electrons. The number of aromatic nitrogens is 1. The maximum Gasteiger partial charge on any atom is 0.161 e. The third-order valence-electron chi connectivity index (χ3n) is 10.6. The minimum Gasteiger partial charge on any atom is -0.456 e. The highest BCUT2D eigenvalue weighted by Gasteiger charge is 2.16. The van der Waals surface area contributed by atoms with Crippen LogP contribution >= 0.6 is 0 Å². The maximum atomic E-state index is 6.49. The van der Waals surface area contributed by atoms with Crippen LogP contribution in [0.15, 0.2) is 214 Å². The molecule has 2 aromatic heterocycles.